The standard InChI is InChI=1S/C14H22BrN3/c15-6-7-16-8-9-17-10-12-18(13-11-17)14-4-2-1-3-5-14/h1-5,16H,6-13H2. The fourth-order valence-electron chi connectivity index (χ4n) is 2.30. The van der Waals surface area contributed by atoms with Crippen LogP contribution in [0.2, 0.25) is 0 Å². The molecule has 3 nitrogen and oxygen atoms in total. The number of anilines is 1. The number of halogens is 1. The van der Waals surface area contributed by atoms with E-state index < -0.39 is 0 Å². The molecule has 18 heavy (non-hydrogen) atoms. The number of para-hydroxylation sites is 1. The van der Waals surface area contributed by atoms with E-state index in [0.29, 0.717) is 0 Å². The van der Waals surface area contributed by atoms with E-state index in [1.165, 1.54) is 18.8 Å². The van der Waals surface area contributed by atoms with Crippen LogP contribution < -0.4 is 10.2 Å². The zero-order valence-corrected chi connectivity index (χ0v) is 12.4. The summed E-state index contributed by atoms with van der Waals surface area (Å²) in [7, 11) is 0. The molecule has 1 saturated heterocycles. The van der Waals surface area contributed by atoms with E-state index in [2.05, 4.69) is 61.4 Å². The van der Waals surface area contributed by atoms with Crippen molar-refractivity contribution < 1.29 is 0 Å². The van der Waals surface area contributed by atoms with Crippen molar-refractivity contribution in [2.45, 2.75) is 0 Å². The van der Waals surface area contributed by atoms with Gasteiger partial charge in [-0.2, -0.15) is 0 Å². The van der Waals surface area contributed by atoms with Gasteiger partial charge in [0.2, 0.25) is 0 Å². The van der Waals surface area contributed by atoms with Crippen molar-refractivity contribution in [3.05, 3.63) is 30.3 Å². The molecule has 1 fully saturated rings. The summed E-state index contributed by atoms with van der Waals surface area (Å²) in [4.78, 5) is 5.02. The van der Waals surface area contributed by atoms with Gasteiger partial charge in [-0.05, 0) is 12.1 Å². The molecule has 1 aliphatic rings. The number of hydrogen-bond acceptors (Lipinski definition) is 3. The quantitative estimate of drug-likeness (QED) is 0.638. The summed E-state index contributed by atoms with van der Waals surface area (Å²) in [6.45, 7) is 7.94. The Morgan fingerprint density at radius 2 is 1.72 bits per heavy atom. The monoisotopic (exact) mass is 311 g/mol. The first kappa shape index (κ1) is 13.8. The first-order chi connectivity index (χ1) is 8.90. The topological polar surface area (TPSA) is 18.5 Å². The van der Waals surface area contributed by atoms with Crippen LogP contribution in [0, 0.1) is 0 Å². The predicted octanol–water partition coefficient (Wildman–Crippen LogP) is 1.79. The molecule has 0 radical (unpaired) electrons. The molecule has 100 valence electrons. The van der Waals surface area contributed by atoms with Gasteiger partial charge in [-0.1, -0.05) is 34.1 Å². The highest BCUT2D eigenvalue weighted by Crippen LogP contribution is 2.15. The van der Waals surface area contributed by atoms with Crippen molar-refractivity contribution in [1.29, 1.82) is 0 Å². The van der Waals surface area contributed by atoms with Gasteiger partial charge in [0.05, 0.1) is 0 Å². The Kier molecular flexibility index (Phi) is 5.97. The highest BCUT2D eigenvalue weighted by molar-refractivity contribution is 9.09. The van der Waals surface area contributed by atoms with Crippen molar-refractivity contribution in [2.24, 2.45) is 0 Å². The number of piperazine rings is 1. The summed E-state index contributed by atoms with van der Waals surface area (Å²) in [6.07, 6.45) is 0. The smallest absolute Gasteiger partial charge is 0.0367 e. The third-order valence-corrected chi connectivity index (χ3v) is 3.77. The summed E-state index contributed by atoms with van der Waals surface area (Å²) >= 11 is 3.43. The lowest BCUT2D eigenvalue weighted by Crippen LogP contribution is -2.48. The summed E-state index contributed by atoms with van der Waals surface area (Å²) in [5, 5.41) is 4.46. The molecule has 0 aliphatic carbocycles. The Bertz CT molecular complexity index is 323. The Morgan fingerprint density at radius 3 is 2.39 bits per heavy atom. The predicted molar refractivity (Wildman–Crippen MR) is 81.8 cm³/mol. The molecule has 0 bridgehead atoms. The molecular formula is C14H22BrN3. The van der Waals surface area contributed by atoms with Gasteiger partial charge in [-0.25, -0.2) is 0 Å². The van der Waals surface area contributed by atoms with Gasteiger partial charge in [0.15, 0.2) is 0 Å². The van der Waals surface area contributed by atoms with E-state index in [-0.39, 0.29) is 0 Å². The second kappa shape index (κ2) is 7.77. The Balaban J connectivity index is 1.68. The van der Waals surface area contributed by atoms with Crippen LogP contribution in [0.1, 0.15) is 0 Å². The van der Waals surface area contributed by atoms with Crippen LogP contribution in [0.4, 0.5) is 5.69 Å². The van der Waals surface area contributed by atoms with E-state index in [0.717, 1.165) is 38.1 Å². The second-order valence-electron chi connectivity index (χ2n) is 4.60. The molecule has 0 aromatic heterocycles. The average Bonchev–Trinajstić information content (AvgIpc) is 2.45. The van der Waals surface area contributed by atoms with Crippen molar-refractivity contribution in [2.75, 3.05) is 56.0 Å². The summed E-state index contributed by atoms with van der Waals surface area (Å²) in [6, 6.07) is 10.7. The van der Waals surface area contributed by atoms with Crippen LogP contribution in [-0.4, -0.2) is 56.0 Å². The number of nitrogens with one attached hydrogen (secondary N) is 1. The van der Waals surface area contributed by atoms with E-state index in [1.807, 2.05) is 0 Å². The largest absolute Gasteiger partial charge is 0.369 e. The Labute approximate surface area is 118 Å². The summed E-state index contributed by atoms with van der Waals surface area (Å²) < 4.78 is 0. The minimum Gasteiger partial charge on any atom is -0.369 e. The van der Waals surface area contributed by atoms with E-state index in [1.54, 1.807) is 0 Å². The van der Waals surface area contributed by atoms with Crippen LogP contribution in [0.3, 0.4) is 0 Å². The van der Waals surface area contributed by atoms with Crippen molar-refractivity contribution in [3.63, 3.8) is 0 Å². The van der Waals surface area contributed by atoms with Crippen LogP contribution in [-0.2, 0) is 0 Å². The van der Waals surface area contributed by atoms with Gasteiger partial charge in [-0.3, -0.25) is 4.90 Å². The molecule has 0 spiro atoms. The van der Waals surface area contributed by atoms with Crippen LogP contribution in [0.5, 0.6) is 0 Å². The number of benzene rings is 1. The molecule has 0 unspecified atom stereocenters. The SMILES string of the molecule is BrCCNCCN1CCN(c2ccccc2)CC1. The second-order valence-corrected chi connectivity index (χ2v) is 5.40. The van der Waals surface area contributed by atoms with Crippen molar-refractivity contribution >= 4 is 21.6 Å². The Morgan fingerprint density at radius 1 is 1.00 bits per heavy atom. The number of hydrogen-bond donors (Lipinski definition) is 1. The van der Waals surface area contributed by atoms with E-state index >= 15 is 0 Å². The van der Waals surface area contributed by atoms with Gasteiger partial charge in [0, 0.05) is 56.8 Å². The maximum Gasteiger partial charge on any atom is 0.0367 e. The zero-order valence-electron chi connectivity index (χ0n) is 10.8. The lowest BCUT2D eigenvalue weighted by molar-refractivity contribution is 0.258. The molecule has 0 amide bonds. The molecule has 0 atom stereocenters. The van der Waals surface area contributed by atoms with Crippen molar-refractivity contribution in [3.8, 4) is 0 Å². The highest BCUT2D eigenvalue weighted by Gasteiger charge is 2.16. The zero-order chi connectivity index (χ0) is 12.6. The van der Waals surface area contributed by atoms with Gasteiger partial charge in [0.25, 0.3) is 0 Å². The molecule has 1 N–H and O–H groups in total. The summed E-state index contributed by atoms with van der Waals surface area (Å²) in [5.74, 6) is 0. The molecule has 0 saturated carbocycles. The molecule has 1 heterocycles. The Hall–Kier alpha value is -0.580. The number of rotatable bonds is 6. The first-order valence-electron chi connectivity index (χ1n) is 6.69. The molecule has 2 rings (SSSR count). The third kappa shape index (κ3) is 4.26. The van der Waals surface area contributed by atoms with Gasteiger partial charge < -0.3 is 10.2 Å². The fraction of sp³-hybridized carbons (Fsp3) is 0.571. The molecule has 1 aliphatic heterocycles. The van der Waals surface area contributed by atoms with E-state index in [9.17, 15) is 0 Å². The maximum atomic E-state index is 3.43. The molecular weight excluding hydrogens is 290 g/mol. The van der Waals surface area contributed by atoms with Crippen LogP contribution >= 0.6 is 15.9 Å². The molecule has 4 heteroatoms. The lowest BCUT2D eigenvalue weighted by atomic mass is 10.2. The summed E-state index contributed by atoms with van der Waals surface area (Å²) in [5.41, 5.74) is 1.36. The average molecular weight is 312 g/mol. The maximum absolute atomic E-state index is 3.43. The van der Waals surface area contributed by atoms with Crippen LogP contribution in [0.25, 0.3) is 0 Å². The van der Waals surface area contributed by atoms with Crippen LogP contribution in [0.15, 0.2) is 30.3 Å². The first-order valence-corrected chi connectivity index (χ1v) is 7.81. The minimum absolute atomic E-state index is 1.04. The molecule has 1 aromatic carbocycles. The van der Waals surface area contributed by atoms with E-state index in [4.69, 9.17) is 0 Å². The highest BCUT2D eigenvalue weighted by atomic mass is 79.9. The van der Waals surface area contributed by atoms with Gasteiger partial charge >= 0.3 is 0 Å². The fourth-order valence-corrected chi connectivity index (χ4v) is 2.58. The van der Waals surface area contributed by atoms with Gasteiger partial charge in [0.1, 0.15) is 0 Å². The number of alkyl halides is 1. The lowest BCUT2D eigenvalue weighted by Gasteiger charge is -2.36. The number of nitrogens with zero attached hydrogens (tertiary/aromatic N) is 2. The third-order valence-electron chi connectivity index (χ3n) is 3.37. The molecule has 1 aromatic rings. The normalized spacial score (nSPS) is 17.1. The van der Waals surface area contributed by atoms with Gasteiger partial charge in [-0.15, -0.1) is 0 Å². The minimum atomic E-state index is 1.04. The van der Waals surface area contributed by atoms with Crippen molar-refractivity contribution in [1.82, 2.24) is 10.2 Å².